The Labute approximate surface area is 206 Å². The molecule has 0 saturated heterocycles. The molecular formula is C22H19Cl2N5O4S. The first-order valence-electron chi connectivity index (χ1n) is 10.3. The predicted molar refractivity (Wildman–Crippen MR) is 129 cm³/mol. The summed E-state index contributed by atoms with van der Waals surface area (Å²) in [5, 5.41) is 3.75. The number of nitrogens with one attached hydrogen (secondary N) is 1. The number of nitrogens with zero attached hydrogens (tertiary/aromatic N) is 4. The summed E-state index contributed by atoms with van der Waals surface area (Å²) in [5.41, 5.74) is 3.26. The quantitative estimate of drug-likeness (QED) is 0.558. The molecule has 0 unspecified atom stereocenters. The van der Waals surface area contributed by atoms with Crippen LogP contribution in [0.2, 0.25) is 10.0 Å². The predicted octanol–water partition coefficient (Wildman–Crippen LogP) is 3.84. The van der Waals surface area contributed by atoms with E-state index < -0.39 is 10.0 Å². The lowest BCUT2D eigenvalue weighted by atomic mass is 10.0. The van der Waals surface area contributed by atoms with E-state index in [9.17, 15) is 13.2 Å². The van der Waals surface area contributed by atoms with E-state index in [1.807, 2.05) is 18.2 Å². The molecule has 176 valence electrons. The first-order chi connectivity index (χ1) is 16.2. The Balaban J connectivity index is 1.37. The van der Waals surface area contributed by atoms with E-state index in [1.165, 1.54) is 21.7 Å². The third-order valence-corrected chi connectivity index (χ3v) is 7.54. The largest absolute Gasteiger partial charge is 0.455 e. The molecule has 9 nitrogen and oxygen atoms in total. The fourth-order valence-corrected chi connectivity index (χ4v) is 5.34. The lowest BCUT2D eigenvalue weighted by Gasteiger charge is -2.29. The molecule has 12 heteroatoms. The molecule has 2 aliphatic heterocycles. The number of rotatable bonds is 4. The van der Waals surface area contributed by atoms with Gasteiger partial charge in [0.2, 0.25) is 21.9 Å². The highest BCUT2D eigenvalue weighted by Crippen LogP contribution is 2.37. The number of hydrogen-bond acceptors (Lipinski definition) is 7. The number of ether oxygens (including phenoxy) is 1. The number of benzene rings is 2. The van der Waals surface area contributed by atoms with Crippen molar-refractivity contribution in [2.24, 2.45) is 0 Å². The zero-order valence-corrected chi connectivity index (χ0v) is 20.3. The van der Waals surface area contributed by atoms with E-state index in [0.29, 0.717) is 40.9 Å². The van der Waals surface area contributed by atoms with Crippen LogP contribution in [0.3, 0.4) is 0 Å². The Morgan fingerprint density at radius 1 is 1.12 bits per heavy atom. The second kappa shape index (κ2) is 8.70. The van der Waals surface area contributed by atoms with Crippen LogP contribution in [0.1, 0.15) is 21.5 Å². The van der Waals surface area contributed by atoms with E-state index in [2.05, 4.69) is 15.3 Å². The SMILES string of the molecule is CS(=O)(=O)N1CCc2ccc(Nc3ncc4c(n3)OCN(c3c(Cl)cccc3Cl)C4=O)cc2C1. The highest BCUT2D eigenvalue weighted by Gasteiger charge is 2.31. The van der Waals surface area contributed by atoms with Gasteiger partial charge in [-0.15, -0.1) is 0 Å². The molecule has 0 aliphatic carbocycles. The van der Waals surface area contributed by atoms with E-state index >= 15 is 0 Å². The third kappa shape index (κ3) is 4.29. The summed E-state index contributed by atoms with van der Waals surface area (Å²) < 4.78 is 31.0. The van der Waals surface area contributed by atoms with Crippen LogP contribution < -0.4 is 15.0 Å². The molecule has 1 aromatic heterocycles. The highest BCUT2D eigenvalue weighted by molar-refractivity contribution is 7.88. The maximum atomic E-state index is 13.0. The molecule has 0 saturated carbocycles. The monoisotopic (exact) mass is 519 g/mol. The summed E-state index contributed by atoms with van der Waals surface area (Å²) in [5.74, 6) is 0.00656. The van der Waals surface area contributed by atoms with Gasteiger partial charge in [0.25, 0.3) is 5.91 Å². The first-order valence-corrected chi connectivity index (χ1v) is 12.9. The van der Waals surface area contributed by atoms with Gasteiger partial charge in [0.15, 0.2) is 6.73 Å². The fraction of sp³-hybridized carbons (Fsp3) is 0.227. The number of aromatic nitrogens is 2. The molecule has 0 radical (unpaired) electrons. The van der Waals surface area contributed by atoms with Gasteiger partial charge in [-0.1, -0.05) is 35.3 Å². The lowest BCUT2D eigenvalue weighted by molar-refractivity contribution is 0.0932. The van der Waals surface area contributed by atoms with Crippen molar-refractivity contribution in [1.29, 1.82) is 0 Å². The minimum atomic E-state index is -3.27. The van der Waals surface area contributed by atoms with Crippen molar-refractivity contribution in [1.82, 2.24) is 14.3 Å². The molecule has 3 aromatic rings. The molecule has 0 atom stereocenters. The van der Waals surface area contributed by atoms with Crippen LogP contribution in [0, 0.1) is 0 Å². The second-order valence-electron chi connectivity index (χ2n) is 7.94. The summed E-state index contributed by atoms with van der Waals surface area (Å²) in [6.45, 7) is 0.674. The van der Waals surface area contributed by atoms with Gasteiger partial charge < -0.3 is 10.1 Å². The minimum absolute atomic E-state index is 0.105. The molecule has 0 spiro atoms. The van der Waals surface area contributed by atoms with Gasteiger partial charge in [-0.3, -0.25) is 9.69 Å². The van der Waals surface area contributed by atoms with Gasteiger partial charge in [-0.2, -0.15) is 9.29 Å². The Morgan fingerprint density at radius 3 is 2.62 bits per heavy atom. The van der Waals surface area contributed by atoms with Crippen molar-refractivity contribution in [3.05, 3.63) is 69.3 Å². The van der Waals surface area contributed by atoms with Crippen LogP contribution in [0.5, 0.6) is 5.88 Å². The summed E-state index contributed by atoms with van der Waals surface area (Å²) in [6.07, 6.45) is 3.25. The molecule has 34 heavy (non-hydrogen) atoms. The van der Waals surface area contributed by atoms with Crippen LogP contribution in [0.4, 0.5) is 17.3 Å². The molecule has 2 aromatic carbocycles. The molecule has 1 amide bonds. The summed E-state index contributed by atoms with van der Waals surface area (Å²) in [4.78, 5) is 23.0. The van der Waals surface area contributed by atoms with Crippen molar-refractivity contribution in [2.45, 2.75) is 13.0 Å². The molecule has 2 aliphatic rings. The summed E-state index contributed by atoms with van der Waals surface area (Å²) >= 11 is 12.5. The maximum absolute atomic E-state index is 13.0. The van der Waals surface area contributed by atoms with Crippen molar-refractivity contribution in [3.8, 4) is 5.88 Å². The molecule has 0 bridgehead atoms. The van der Waals surface area contributed by atoms with Crippen LogP contribution in [0.15, 0.2) is 42.6 Å². The van der Waals surface area contributed by atoms with Crippen molar-refractivity contribution in [3.63, 3.8) is 0 Å². The van der Waals surface area contributed by atoms with Gasteiger partial charge in [0.05, 0.1) is 22.0 Å². The normalized spacial score (nSPS) is 16.0. The smallest absolute Gasteiger partial charge is 0.268 e. The molecule has 5 rings (SSSR count). The van der Waals surface area contributed by atoms with Crippen LogP contribution in [-0.2, 0) is 23.0 Å². The second-order valence-corrected chi connectivity index (χ2v) is 10.7. The molecule has 0 fully saturated rings. The van der Waals surface area contributed by atoms with Crippen molar-refractivity contribution in [2.75, 3.05) is 29.7 Å². The fourth-order valence-electron chi connectivity index (χ4n) is 3.95. The first kappa shape index (κ1) is 22.9. The number of amides is 1. The van der Waals surface area contributed by atoms with Gasteiger partial charge in [0.1, 0.15) is 5.56 Å². The number of para-hydroxylation sites is 1. The third-order valence-electron chi connectivity index (χ3n) is 5.68. The Hall–Kier alpha value is -2.92. The Morgan fingerprint density at radius 2 is 1.88 bits per heavy atom. The van der Waals surface area contributed by atoms with Gasteiger partial charge >= 0.3 is 0 Å². The van der Waals surface area contributed by atoms with E-state index in [4.69, 9.17) is 27.9 Å². The summed E-state index contributed by atoms with van der Waals surface area (Å²) in [6, 6.07) is 10.7. The zero-order chi connectivity index (χ0) is 24.0. The van der Waals surface area contributed by atoms with Crippen LogP contribution in [0.25, 0.3) is 0 Å². The Bertz CT molecular complexity index is 1400. The number of sulfonamides is 1. The highest BCUT2D eigenvalue weighted by atomic mass is 35.5. The zero-order valence-electron chi connectivity index (χ0n) is 18.0. The Kier molecular flexibility index (Phi) is 5.85. The van der Waals surface area contributed by atoms with Crippen molar-refractivity contribution >= 4 is 56.5 Å². The van der Waals surface area contributed by atoms with Gasteiger partial charge in [-0.05, 0) is 41.8 Å². The lowest BCUT2D eigenvalue weighted by Crippen LogP contribution is -2.39. The maximum Gasteiger partial charge on any atom is 0.268 e. The minimum Gasteiger partial charge on any atom is -0.455 e. The van der Waals surface area contributed by atoms with Crippen molar-refractivity contribution < 1.29 is 17.9 Å². The number of anilines is 3. The topological polar surface area (TPSA) is 105 Å². The number of hydrogen-bond donors (Lipinski definition) is 1. The average Bonchev–Trinajstić information content (AvgIpc) is 2.79. The number of carbonyl (C=O) groups is 1. The average molecular weight is 520 g/mol. The molecule has 3 heterocycles. The van der Waals surface area contributed by atoms with Crippen LogP contribution in [-0.4, -0.2) is 48.1 Å². The van der Waals surface area contributed by atoms with E-state index in [1.54, 1.807) is 18.2 Å². The van der Waals surface area contributed by atoms with Gasteiger partial charge in [0, 0.05) is 25.0 Å². The number of halogens is 2. The number of carbonyl (C=O) groups excluding carboxylic acids is 1. The van der Waals surface area contributed by atoms with E-state index in [0.717, 1.165) is 11.1 Å². The molecule has 1 N–H and O–H groups in total. The van der Waals surface area contributed by atoms with E-state index in [-0.39, 0.29) is 30.0 Å². The van der Waals surface area contributed by atoms with Gasteiger partial charge in [-0.25, -0.2) is 13.4 Å². The number of fused-ring (bicyclic) bond motifs is 2. The summed E-state index contributed by atoms with van der Waals surface area (Å²) in [7, 11) is -3.27. The molecular weight excluding hydrogens is 501 g/mol. The standard InChI is InChI=1S/C22H19Cl2N5O4S/c1-34(31,32)28-8-7-13-5-6-15(9-14(13)11-28)26-22-25-10-16-20(27-22)33-12-29(21(16)30)19-17(23)3-2-4-18(19)24/h2-6,9-10H,7-8,11-12H2,1H3,(H,25,26,27). The van der Waals surface area contributed by atoms with Crippen LogP contribution >= 0.6 is 23.2 Å².